The SMILES string of the molecule is CCOC(=O)c1ccc(S(=O)(=O)N2CC[NH+](Cc3ccccc3F)CC2)cc1. The van der Waals surface area contributed by atoms with Crippen LogP contribution in [0.3, 0.4) is 0 Å². The molecule has 1 N–H and O–H groups in total. The number of halogens is 1. The third-order valence-corrected chi connectivity index (χ3v) is 6.74. The second-order valence-electron chi connectivity index (χ2n) is 6.67. The van der Waals surface area contributed by atoms with Gasteiger partial charge in [0, 0.05) is 5.56 Å². The van der Waals surface area contributed by atoms with E-state index in [-0.39, 0.29) is 17.3 Å². The first kappa shape index (κ1) is 20.4. The lowest BCUT2D eigenvalue weighted by molar-refractivity contribution is -0.917. The molecule has 0 saturated carbocycles. The molecular weight excluding hydrogens is 383 g/mol. The molecule has 0 spiro atoms. The van der Waals surface area contributed by atoms with Gasteiger partial charge in [0.15, 0.2) is 0 Å². The van der Waals surface area contributed by atoms with E-state index < -0.39 is 16.0 Å². The maximum absolute atomic E-state index is 13.8. The summed E-state index contributed by atoms with van der Waals surface area (Å²) in [7, 11) is -3.63. The summed E-state index contributed by atoms with van der Waals surface area (Å²) >= 11 is 0. The molecule has 1 fully saturated rings. The highest BCUT2D eigenvalue weighted by molar-refractivity contribution is 7.89. The Labute approximate surface area is 164 Å². The molecule has 6 nitrogen and oxygen atoms in total. The number of benzene rings is 2. The van der Waals surface area contributed by atoms with Gasteiger partial charge in [-0.05, 0) is 37.3 Å². The van der Waals surface area contributed by atoms with Crippen LogP contribution in [0.4, 0.5) is 4.39 Å². The average Bonchev–Trinajstić information content (AvgIpc) is 2.70. The molecule has 1 heterocycles. The first-order valence-electron chi connectivity index (χ1n) is 9.26. The molecular formula is C20H24FN2O4S+. The van der Waals surface area contributed by atoms with Crippen molar-refractivity contribution in [2.45, 2.75) is 18.4 Å². The van der Waals surface area contributed by atoms with Crippen molar-refractivity contribution in [1.29, 1.82) is 0 Å². The predicted molar refractivity (Wildman–Crippen MR) is 102 cm³/mol. The van der Waals surface area contributed by atoms with Crippen LogP contribution < -0.4 is 4.90 Å². The van der Waals surface area contributed by atoms with Gasteiger partial charge in [-0.3, -0.25) is 0 Å². The molecule has 3 rings (SSSR count). The van der Waals surface area contributed by atoms with Gasteiger partial charge in [0.05, 0.1) is 43.2 Å². The number of rotatable bonds is 6. The van der Waals surface area contributed by atoms with E-state index in [0.29, 0.717) is 43.9 Å². The highest BCUT2D eigenvalue weighted by Crippen LogP contribution is 2.17. The Morgan fingerprint density at radius 2 is 1.75 bits per heavy atom. The molecule has 1 saturated heterocycles. The minimum atomic E-state index is -3.63. The number of sulfonamides is 1. The molecule has 0 bridgehead atoms. The summed E-state index contributed by atoms with van der Waals surface area (Å²) in [5, 5.41) is 0. The predicted octanol–water partition coefficient (Wildman–Crippen LogP) is 1.09. The molecule has 2 aromatic rings. The van der Waals surface area contributed by atoms with Crippen LogP contribution in [0.1, 0.15) is 22.8 Å². The lowest BCUT2D eigenvalue weighted by atomic mass is 10.2. The van der Waals surface area contributed by atoms with Crippen LogP contribution >= 0.6 is 0 Å². The topological polar surface area (TPSA) is 68.1 Å². The number of ether oxygens (including phenoxy) is 1. The number of hydrogen-bond donors (Lipinski definition) is 1. The van der Waals surface area contributed by atoms with Crippen molar-refractivity contribution in [1.82, 2.24) is 4.31 Å². The molecule has 150 valence electrons. The maximum Gasteiger partial charge on any atom is 0.338 e. The Morgan fingerprint density at radius 1 is 1.11 bits per heavy atom. The number of nitrogens with one attached hydrogen (secondary N) is 1. The van der Waals surface area contributed by atoms with Gasteiger partial charge < -0.3 is 9.64 Å². The van der Waals surface area contributed by atoms with Crippen molar-refractivity contribution < 1.29 is 27.2 Å². The van der Waals surface area contributed by atoms with Crippen molar-refractivity contribution in [3.05, 3.63) is 65.5 Å². The summed E-state index contributed by atoms with van der Waals surface area (Å²) in [6.07, 6.45) is 0. The summed E-state index contributed by atoms with van der Waals surface area (Å²) in [5.41, 5.74) is 0.961. The normalized spacial score (nSPS) is 16.1. The monoisotopic (exact) mass is 407 g/mol. The Hall–Kier alpha value is -2.29. The number of hydrogen-bond acceptors (Lipinski definition) is 4. The summed E-state index contributed by atoms with van der Waals surface area (Å²) in [4.78, 5) is 13.0. The van der Waals surface area contributed by atoms with Crippen molar-refractivity contribution in [2.75, 3.05) is 32.8 Å². The number of carbonyl (C=O) groups excluding carboxylic acids is 1. The van der Waals surface area contributed by atoms with E-state index >= 15 is 0 Å². The molecule has 0 atom stereocenters. The van der Waals surface area contributed by atoms with E-state index in [9.17, 15) is 17.6 Å². The van der Waals surface area contributed by atoms with Crippen LogP contribution in [-0.4, -0.2) is 51.5 Å². The number of carbonyl (C=O) groups is 1. The molecule has 28 heavy (non-hydrogen) atoms. The zero-order valence-corrected chi connectivity index (χ0v) is 16.5. The first-order valence-corrected chi connectivity index (χ1v) is 10.7. The van der Waals surface area contributed by atoms with Crippen LogP contribution in [0.2, 0.25) is 0 Å². The van der Waals surface area contributed by atoms with Crippen LogP contribution in [-0.2, 0) is 21.3 Å². The number of nitrogens with zero attached hydrogens (tertiary/aromatic N) is 1. The molecule has 0 aliphatic carbocycles. The minimum Gasteiger partial charge on any atom is -0.462 e. The molecule has 1 aliphatic rings. The van der Waals surface area contributed by atoms with E-state index in [4.69, 9.17) is 4.74 Å². The standard InChI is InChI=1S/C20H23FN2O4S/c1-2-27-20(24)16-7-9-18(10-8-16)28(25,26)23-13-11-22(12-14-23)15-17-5-3-4-6-19(17)21/h3-10H,2,11-15H2,1H3/p+1. The minimum absolute atomic E-state index is 0.151. The number of piperazine rings is 1. The van der Waals surface area contributed by atoms with E-state index in [1.165, 1.54) is 34.6 Å². The molecule has 1 aliphatic heterocycles. The Balaban J connectivity index is 1.63. The third kappa shape index (κ3) is 4.57. The summed E-state index contributed by atoms with van der Waals surface area (Å²) in [6, 6.07) is 12.5. The number of esters is 1. The highest BCUT2D eigenvalue weighted by atomic mass is 32.2. The highest BCUT2D eigenvalue weighted by Gasteiger charge is 2.30. The second kappa shape index (κ2) is 8.81. The van der Waals surface area contributed by atoms with Crippen LogP contribution in [0.25, 0.3) is 0 Å². The van der Waals surface area contributed by atoms with Gasteiger partial charge in [-0.2, -0.15) is 4.31 Å². The Morgan fingerprint density at radius 3 is 2.36 bits per heavy atom. The first-order chi connectivity index (χ1) is 13.4. The van der Waals surface area contributed by atoms with Gasteiger partial charge in [0.1, 0.15) is 12.4 Å². The maximum atomic E-state index is 13.8. The van der Waals surface area contributed by atoms with E-state index in [1.807, 2.05) is 0 Å². The molecule has 0 unspecified atom stereocenters. The van der Waals surface area contributed by atoms with Crippen molar-refractivity contribution in [3.8, 4) is 0 Å². The smallest absolute Gasteiger partial charge is 0.338 e. The van der Waals surface area contributed by atoms with E-state index in [1.54, 1.807) is 25.1 Å². The van der Waals surface area contributed by atoms with Crippen LogP contribution in [0.5, 0.6) is 0 Å². The van der Waals surface area contributed by atoms with E-state index in [0.717, 1.165) is 4.90 Å². The summed E-state index contributed by atoms with van der Waals surface area (Å²) in [6.45, 7) is 4.46. The lowest BCUT2D eigenvalue weighted by Crippen LogP contribution is -3.13. The van der Waals surface area contributed by atoms with Gasteiger partial charge >= 0.3 is 5.97 Å². The van der Waals surface area contributed by atoms with Crippen molar-refractivity contribution in [3.63, 3.8) is 0 Å². The molecule has 0 amide bonds. The van der Waals surface area contributed by atoms with Gasteiger partial charge in [-0.1, -0.05) is 18.2 Å². The van der Waals surface area contributed by atoms with Crippen molar-refractivity contribution in [2.24, 2.45) is 0 Å². The molecule has 0 aromatic heterocycles. The third-order valence-electron chi connectivity index (χ3n) is 4.83. The fourth-order valence-corrected chi connectivity index (χ4v) is 4.70. The van der Waals surface area contributed by atoms with Gasteiger partial charge in [-0.25, -0.2) is 17.6 Å². The quantitative estimate of drug-likeness (QED) is 0.728. The summed E-state index contributed by atoms with van der Waals surface area (Å²) in [5.74, 6) is -0.705. The van der Waals surface area contributed by atoms with Crippen LogP contribution in [0.15, 0.2) is 53.4 Å². The zero-order chi connectivity index (χ0) is 20.1. The van der Waals surface area contributed by atoms with Gasteiger partial charge in [0.2, 0.25) is 10.0 Å². The second-order valence-corrected chi connectivity index (χ2v) is 8.61. The van der Waals surface area contributed by atoms with Gasteiger partial charge in [-0.15, -0.1) is 0 Å². The Kier molecular flexibility index (Phi) is 6.43. The lowest BCUT2D eigenvalue weighted by Gasteiger charge is -2.31. The average molecular weight is 407 g/mol. The molecule has 0 radical (unpaired) electrons. The molecule has 2 aromatic carbocycles. The fraction of sp³-hybridized carbons (Fsp3) is 0.350. The zero-order valence-electron chi connectivity index (χ0n) is 15.7. The fourth-order valence-electron chi connectivity index (χ4n) is 3.26. The van der Waals surface area contributed by atoms with Crippen molar-refractivity contribution >= 4 is 16.0 Å². The summed E-state index contributed by atoms with van der Waals surface area (Å²) < 4.78 is 45.9. The Bertz CT molecular complexity index is 923. The van der Waals surface area contributed by atoms with E-state index in [2.05, 4.69) is 0 Å². The van der Waals surface area contributed by atoms with Crippen LogP contribution in [0, 0.1) is 5.82 Å². The number of quaternary nitrogens is 1. The molecule has 8 heteroatoms. The largest absolute Gasteiger partial charge is 0.462 e. The van der Waals surface area contributed by atoms with Gasteiger partial charge in [0.25, 0.3) is 0 Å².